The topological polar surface area (TPSA) is 58.8 Å². The van der Waals surface area contributed by atoms with Gasteiger partial charge < -0.3 is 19.2 Å². The van der Waals surface area contributed by atoms with Gasteiger partial charge in [0.05, 0.1) is 11.0 Å². The lowest BCUT2D eigenvalue weighted by molar-refractivity contribution is -0.121. The van der Waals surface area contributed by atoms with Gasteiger partial charge in [-0.25, -0.2) is 0 Å². The van der Waals surface area contributed by atoms with Crippen LogP contribution in [0, 0.1) is 5.92 Å². The van der Waals surface area contributed by atoms with Gasteiger partial charge in [-0.2, -0.15) is 0 Å². The van der Waals surface area contributed by atoms with Gasteiger partial charge in [-0.1, -0.05) is 22.9 Å². The number of halogens is 1. The Labute approximate surface area is 191 Å². The Morgan fingerprint density at radius 2 is 2.03 bits per heavy atom. The Hall–Kier alpha value is -2.12. The molecule has 6 nitrogen and oxygen atoms in total. The number of carbonyl (C=O) groups excluding carboxylic acids is 1. The van der Waals surface area contributed by atoms with E-state index in [9.17, 15) is 9.59 Å². The third kappa shape index (κ3) is 5.21. The summed E-state index contributed by atoms with van der Waals surface area (Å²) < 4.78 is 4.65. The van der Waals surface area contributed by atoms with Crippen molar-refractivity contribution in [2.45, 2.75) is 45.6 Å². The van der Waals surface area contributed by atoms with Crippen LogP contribution in [0.2, 0.25) is 0 Å². The minimum atomic E-state index is -0.0215. The maximum absolute atomic E-state index is 13.0. The first-order chi connectivity index (χ1) is 15.0. The third-order valence-electron chi connectivity index (χ3n) is 6.20. The van der Waals surface area contributed by atoms with E-state index in [1.807, 2.05) is 40.9 Å². The van der Waals surface area contributed by atoms with Gasteiger partial charge in [0.2, 0.25) is 5.91 Å². The van der Waals surface area contributed by atoms with Crippen LogP contribution in [0.4, 0.5) is 0 Å². The summed E-state index contributed by atoms with van der Waals surface area (Å²) in [5.74, 6) is 0.851. The zero-order chi connectivity index (χ0) is 21.8. The summed E-state index contributed by atoms with van der Waals surface area (Å²) in [4.78, 5) is 27.8. The molecule has 0 bridgehead atoms. The summed E-state index contributed by atoms with van der Waals surface area (Å²) in [7, 11) is 0. The zero-order valence-electron chi connectivity index (χ0n) is 18.1. The van der Waals surface area contributed by atoms with Crippen LogP contribution in [0.25, 0.3) is 16.6 Å². The highest BCUT2D eigenvalue weighted by atomic mass is 79.9. The standard InChI is InChI=1S/C24H31BrN4O2/c1-18-6-2-12-27(17-18)13-5-11-26-23(30)8-4-15-29-22-16-19(25)9-10-20(22)28-14-3-7-21(28)24(29)31/h3,7,9-10,14,16,18H,2,4-6,8,11-13,15,17H2,1H3,(H,26,30)/t18-/m0/s1. The lowest BCUT2D eigenvalue weighted by Crippen LogP contribution is -2.36. The number of rotatable bonds is 8. The van der Waals surface area contributed by atoms with Crippen LogP contribution in [0.3, 0.4) is 0 Å². The number of piperidine rings is 1. The van der Waals surface area contributed by atoms with Crippen molar-refractivity contribution >= 4 is 38.4 Å². The molecule has 1 aliphatic rings. The molecule has 1 N–H and O–H groups in total. The molecule has 1 aromatic carbocycles. The molecule has 4 rings (SSSR count). The van der Waals surface area contributed by atoms with Crippen molar-refractivity contribution < 1.29 is 4.79 Å². The normalized spacial score (nSPS) is 17.4. The van der Waals surface area contributed by atoms with Crippen LogP contribution in [-0.4, -0.2) is 46.0 Å². The minimum absolute atomic E-state index is 0.0215. The molecule has 0 unspecified atom stereocenters. The van der Waals surface area contributed by atoms with E-state index >= 15 is 0 Å². The van der Waals surface area contributed by atoms with Gasteiger partial charge in [0.1, 0.15) is 5.52 Å². The summed E-state index contributed by atoms with van der Waals surface area (Å²) in [6.07, 6.45) is 6.58. The number of fused-ring (bicyclic) bond motifs is 3. The number of aryl methyl sites for hydroxylation is 1. The maximum atomic E-state index is 13.0. The number of nitrogens with zero attached hydrogens (tertiary/aromatic N) is 3. The molecule has 0 saturated carbocycles. The van der Waals surface area contributed by atoms with Gasteiger partial charge in [0.25, 0.3) is 5.56 Å². The van der Waals surface area contributed by atoms with E-state index in [0.29, 0.717) is 24.9 Å². The zero-order valence-corrected chi connectivity index (χ0v) is 19.7. The van der Waals surface area contributed by atoms with Gasteiger partial charge in [-0.3, -0.25) is 9.59 Å². The molecule has 1 amide bonds. The second-order valence-electron chi connectivity index (χ2n) is 8.71. The minimum Gasteiger partial charge on any atom is -0.356 e. The van der Waals surface area contributed by atoms with Crippen molar-refractivity contribution in [1.29, 1.82) is 0 Å². The van der Waals surface area contributed by atoms with E-state index in [1.54, 1.807) is 4.57 Å². The monoisotopic (exact) mass is 486 g/mol. The fourth-order valence-corrected chi connectivity index (χ4v) is 5.01. The van der Waals surface area contributed by atoms with Crippen LogP contribution < -0.4 is 10.9 Å². The number of benzene rings is 1. The van der Waals surface area contributed by atoms with Crippen molar-refractivity contribution in [3.8, 4) is 0 Å². The predicted octanol–water partition coefficient (Wildman–Crippen LogP) is 4.04. The van der Waals surface area contributed by atoms with Crippen molar-refractivity contribution in [3.63, 3.8) is 0 Å². The second kappa shape index (κ2) is 10.0. The van der Waals surface area contributed by atoms with E-state index < -0.39 is 0 Å². The first-order valence-electron chi connectivity index (χ1n) is 11.3. The molecule has 1 atom stereocenters. The lowest BCUT2D eigenvalue weighted by atomic mass is 10.0. The van der Waals surface area contributed by atoms with Gasteiger partial charge in [-0.15, -0.1) is 0 Å². The molecule has 31 heavy (non-hydrogen) atoms. The first kappa shape index (κ1) is 22.1. The Balaban J connectivity index is 1.31. The van der Waals surface area contributed by atoms with Crippen molar-refractivity contribution in [1.82, 2.24) is 19.2 Å². The summed E-state index contributed by atoms with van der Waals surface area (Å²) in [5.41, 5.74) is 2.50. The smallest absolute Gasteiger partial charge is 0.275 e. The highest BCUT2D eigenvalue weighted by Gasteiger charge is 2.15. The molecule has 1 saturated heterocycles. The Morgan fingerprint density at radius 1 is 1.16 bits per heavy atom. The molecule has 3 aromatic rings. The number of likely N-dealkylation sites (tertiary alicyclic amines) is 1. The van der Waals surface area contributed by atoms with Crippen LogP contribution in [0.1, 0.15) is 39.0 Å². The lowest BCUT2D eigenvalue weighted by Gasteiger charge is -2.30. The number of nitrogens with one attached hydrogen (secondary N) is 1. The van der Waals surface area contributed by atoms with Crippen molar-refractivity contribution in [2.24, 2.45) is 5.92 Å². The molecule has 2 aromatic heterocycles. The van der Waals surface area contributed by atoms with E-state index in [-0.39, 0.29) is 11.5 Å². The highest BCUT2D eigenvalue weighted by Crippen LogP contribution is 2.21. The second-order valence-corrected chi connectivity index (χ2v) is 9.62. The molecule has 1 aliphatic heterocycles. The average Bonchev–Trinajstić information content (AvgIpc) is 3.24. The predicted molar refractivity (Wildman–Crippen MR) is 129 cm³/mol. The van der Waals surface area contributed by atoms with Crippen molar-refractivity contribution in [3.05, 3.63) is 51.4 Å². The molecule has 7 heteroatoms. The number of hydrogen-bond donors (Lipinski definition) is 1. The van der Waals surface area contributed by atoms with Gasteiger partial charge in [-0.05, 0) is 75.0 Å². The highest BCUT2D eigenvalue weighted by molar-refractivity contribution is 9.10. The largest absolute Gasteiger partial charge is 0.356 e. The molecule has 0 radical (unpaired) electrons. The molecule has 1 fully saturated rings. The fourth-order valence-electron chi connectivity index (χ4n) is 4.66. The van der Waals surface area contributed by atoms with Crippen molar-refractivity contribution in [2.75, 3.05) is 26.2 Å². The van der Waals surface area contributed by atoms with Gasteiger partial charge in [0.15, 0.2) is 0 Å². The van der Waals surface area contributed by atoms with E-state index in [4.69, 9.17) is 0 Å². The summed E-state index contributed by atoms with van der Waals surface area (Å²) in [5, 5.41) is 3.04. The average molecular weight is 487 g/mol. The van der Waals surface area contributed by atoms with E-state index in [1.165, 1.54) is 25.9 Å². The third-order valence-corrected chi connectivity index (χ3v) is 6.69. The first-order valence-corrected chi connectivity index (χ1v) is 12.1. The fraction of sp³-hybridized carbons (Fsp3) is 0.500. The number of amides is 1. The Kier molecular flexibility index (Phi) is 7.13. The van der Waals surface area contributed by atoms with Crippen LogP contribution >= 0.6 is 15.9 Å². The quantitative estimate of drug-likeness (QED) is 0.488. The molecule has 0 spiro atoms. The number of carbonyl (C=O) groups is 1. The van der Waals surface area contributed by atoms with Gasteiger partial charge >= 0.3 is 0 Å². The molecular formula is C24H31BrN4O2. The SMILES string of the molecule is C[C@H]1CCCN(CCCNC(=O)CCCn2c(=O)c3cccn3c3ccc(Br)cc32)C1. The van der Waals surface area contributed by atoms with E-state index in [2.05, 4.69) is 33.1 Å². The summed E-state index contributed by atoms with van der Waals surface area (Å²) in [6, 6.07) is 9.70. The Morgan fingerprint density at radius 3 is 2.87 bits per heavy atom. The number of hydrogen-bond acceptors (Lipinski definition) is 3. The molecule has 166 valence electrons. The summed E-state index contributed by atoms with van der Waals surface area (Å²) in [6.45, 7) is 6.97. The van der Waals surface area contributed by atoms with Crippen LogP contribution in [0.5, 0.6) is 0 Å². The molecule has 3 heterocycles. The van der Waals surface area contributed by atoms with Gasteiger partial charge in [0, 0.05) is 36.7 Å². The molecule has 0 aliphatic carbocycles. The van der Waals surface area contributed by atoms with E-state index in [0.717, 1.165) is 40.9 Å². The number of aromatic nitrogens is 2. The molecular weight excluding hydrogens is 456 g/mol. The summed E-state index contributed by atoms with van der Waals surface area (Å²) >= 11 is 3.51. The Bertz CT molecular complexity index is 1120. The van der Waals surface area contributed by atoms with Crippen LogP contribution in [0.15, 0.2) is 45.8 Å². The van der Waals surface area contributed by atoms with Crippen LogP contribution in [-0.2, 0) is 11.3 Å². The maximum Gasteiger partial charge on any atom is 0.275 e.